The van der Waals surface area contributed by atoms with Gasteiger partial charge in [0.15, 0.2) is 0 Å². The Bertz CT molecular complexity index is 193. The van der Waals surface area contributed by atoms with Gasteiger partial charge in [-0.05, 0) is 0 Å². The van der Waals surface area contributed by atoms with Gasteiger partial charge in [-0.25, -0.2) is 0 Å². The Morgan fingerprint density at radius 3 is 3.00 bits per heavy atom. The molecular formula is C5H6N2Se2. The van der Waals surface area contributed by atoms with E-state index >= 15 is 0 Å². The molecule has 0 unspecified atom stereocenters. The van der Waals surface area contributed by atoms with Gasteiger partial charge in [0.1, 0.15) is 0 Å². The molecule has 2 nitrogen and oxygen atoms in total. The number of anilines is 1. The summed E-state index contributed by atoms with van der Waals surface area (Å²) in [7, 11) is 0. The molecule has 48 valence electrons. The van der Waals surface area contributed by atoms with E-state index in [1.54, 1.807) is 0 Å². The SMILES string of the molecule is [Se]=C([SeH])Nc1ccc[nH]1. The second-order valence-corrected chi connectivity index (χ2v) is 4.78. The molecule has 0 aliphatic heterocycles. The van der Waals surface area contributed by atoms with Crippen LogP contribution in [-0.2, 0) is 0 Å². The number of aromatic nitrogens is 1. The van der Waals surface area contributed by atoms with Crippen LogP contribution in [-0.4, -0.2) is 40.0 Å². The average Bonchev–Trinajstić information content (AvgIpc) is 2.15. The van der Waals surface area contributed by atoms with Crippen LogP contribution in [0.5, 0.6) is 0 Å². The molecule has 0 saturated heterocycles. The van der Waals surface area contributed by atoms with E-state index in [2.05, 4.69) is 41.9 Å². The third-order valence-electron chi connectivity index (χ3n) is 0.840. The first kappa shape index (κ1) is 7.10. The summed E-state index contributed by atoms with van der Waals surface area (Å²) in [4.78, 5) is 3.01. The molecular weight excluding hydrogens is 246 g/mol. The third kappa shape index (κ3) is 2.37. The molecule has 9 heavy (non-hydrogen) atoms. The predicted molar refractivity (Wildman–Crippen MR) is 42.3 cm³/mol. The molecule has 0 fully saturated rings. The first-order valence-corrected chi connectivity index (χ1v) is 4.22. The van der Waals surface area contributed by atoms with Crippen molar-refractivity contribution in [2.45, 2.75) is 0 Å². The van der Waals surface area contributed by atoms with E-state index in [4.69, 9.17) is 0 Å². The minimum absolute atomic E-state index is 1.00. The van der Waals surface area contributed by atoms with Crippen molar-refractivity contribution in [2.75, 3.05) is 5.32 Å². The number of hydrogen-bond donors (Lipinski definition) is 2. The van der Waals surface area contributed by atoms with Crippen molar-refractivity contribution in [3.63, 3.8) is 0 Å². The second kappa shape index (κ2) is 3.23. The van der Waals surface area contributed by atoms with Crippen molar-refractivity contribution in [1.82, 2.24) is 4.98 Å². The summed E-state index contributed by atoms with van der Waals surface area (Å²) in [5.41, 5.74) is 0. The fraction of sp³-hybridized carbons (Fsp3) is 0. The number of H-pyrrole nitrogens is 1. The van der Waals surface area contributed by atoms with E-state index in [0.717, 1.165) is 9.26 Å². The topological polar surface area (TPSA) is 27.8 Å². The first-order chi connectivity index (χ1) is 4.29. The van der Waals surface area contributed by atoms with Crippen LogP contribution in [0.3, 0.4) is 0 Å². The molecule has 0 aromatic carbocycles. The Balaban J connectivity index is 2.58. The Morgan fingerprint density at radius 2 is 2.56 bits per heavy atom. The van der Waals surface area contributed by atoms with Crippen molar-refractivity contribution in [2.24, 2.45) is 0 Å². The van der Waals surface area contributed by atoms with Crippen LogP contribution in [0.4, 0.5) is 5.82 Å². The zero-order chi connectivity index (χ0) is 6.69. The van der Waals surface area contributed by atoms with Gasteiger partial charge >= 0.3 is 69.5 Å². The number of rotatable bonds is 2. The summed E-state index contributed by atoms with van der Waals surface area (Å²) in [5.74, 6) is 1.00. The quantitative estimate of drug-likeness (QED) is 0.688. The summed E-state index contributed by atoms with van der Waals surface area (Å²) < 4.78 is 1.00. The molecule has 0 amide bonds. The van der Waals surface area contributed by atoms with E-state index in [1.165, 1.54) is 0 Å². The molecule has 0 atom stereocenters. The summed E-state index contributed by atoms with van der Waals surface area (Å²) in [6, 6.07) is 3.91. The maximum absolute atomic E-state index is 3.06. The molecule has 0 saturated carbocycles. The summed E-state index contributed by atoms with van der Waals surface area (Å²) in [6.07, 6.45) is 1.87. The van der Waals surface area contributed by atoms with Crippen molar-refractivity contribution in [1.29, 1.82) is 0 Å². The summed E-state index contributed by atoms with van der Waals surface area (Å²) >= 11 is 5.23. The number of nitrogens with one attached hydrogen (secondary N) is 2. The van der Waals surface area contributed by atoms with Crippen LogP contribution >= 0.6 is 0 Å². The Hall–Kier alpha value is -0.0110. The molecule has 2 N–H and O–H groups in total. The van der Waals surface area contributed by atoms with Gasteiger partial charge in [0.2, 0.25) is 0 Å². The zero-order valence-corrected chi connectivity index (χ0v) is 8.18. The molecule has 0 aliphatic carbocycles. The molecule has 1 heterocycles. The standard InChI is InChI=1S/C5H6N2Se2/c8-5(9)7-4-2-1-3-6-4/h1-3,6H,(H2,7,8,9). The third-order valence-corrected chi connectivity index (χ3v) is 1.29. The number of hydrogen-bond acceptors (Lipinski definition) is 1. The van der Waals surface area contributed by atoms with Gasteiger partial charge in [-0.2, -0.15) is 0 Å². The molecule has 1 rings (SSSR count). The van der Waals surface area contributed by atoms with Crippen molar-refractivity contribution in [3.8, 4) is 0 Å². The summed E-state index contributed by atoms with van der Waals surface area (Å²) in [6.45, 7) is 0. The van der Waals surface area contributed by atoms with E-state index in [9.17, 15) is 0 Å². The van der Waals surface area contributed by atoms with Crippen LogP contribution in [0.1, 0.15) is 0 Å². The van der Waals surface area contributed by atoms with Gasteiger partial charge in [-0.15, -0.1) is 0 Å². The van der Waals surface area contributed by atoms with Crippen LogP contribution in [0, 0.1) is 0 Å². The van der Waals surface area contributed by atoms with E-state index in [1.807, 2.05) is 18.3 Å². The van der Waals surface area contributed by atoms with Gasteiger partial charge < -0.3 is 0 Å². The average molecular weight is 252 g/mol. The molecule has 0 radical (unpaired) electrons. The van der Waals surface area contributed by atoms with Crippen LogP contribution in [0.15, 0.2) is 18.3 Å². The van der Waals surface area contributed by atoms with Crippen LogP contribution in [0.25, 0.3) is 0 Å². The van der Waals surface area contributed by atoms with Crippen molar-refractivity contribution >= 4 is 40.8 Å². The van der Waals surface area contributed by atoms with Gasteiger partial charge in [0, 0.05) is 0 Å². The summed E-state index contributed by atoms with van der Waals surface area (Å²) in [5, 5.41) is 3.06. The maximum atomic E-state index is 3.06. The van der Waals surface area contributed by atoms with Gasteiger partial charge in [0.25, 0.3) is 0 Å². The van der Waals surface area contributed by atoms with E-state index < -0.39 is 0 Å². The van der Waals surface area contributed by atoms with Gasteiger partial charge in [-0.3, -0.25) is 0 Å². The van der Waals surface area contributed by atoms with E-state index in [0.29, 0.717) is 0 Å². The Morgan fingerprint density at radius 1 is 1.78 bits per heavy atom. The zero-order valence-electron chi connectivity index (χ0n) is 4.59. The monoisotopic (exact) mass is 254 g/mol. The van der Waals surface area contributed by atoms with E-state index in [-0.39, 0.29) is 0 Å². The van der Waals surface area contributed by atoms with Crippen molar-refractivity contribution in [3.05, 3.63) is 18.3 Å². The predicted octanol–water partition coefficient (Wildman–Crippen LogP) is -0.417. The Kier molecular flexibility index (Phi) is 2.55. The molecule has 0 aliphatic rings. The molecule has 0 spiro atoms. The fourth-order valence-corrected chi connectivity index (χ4v) is 1.01. The van der Waals surface area contributed by atoms with Gasteiger partial charge in [-0.1, -0.05) is 0 Å². The Labute approximate surface area is 69.6 Å². The molecule has 4 heteroatoms. The number of aromatic amines is 1. The van der Waals surface area contributed by atoms with Crippen molar-refractivity contribution < 1.29 is 0 Å². The molecule has 1 aromatic heterocycles. The first-order valence-electron chi connectivity index (χ1n) is 2.42. The van der Waals surface area contributed by atoms with Gasteiger partial charge in [0.05, 0.1) is 0 Å². The molecule has 0 bridgehead atoms. The normalized spacial score (nSPS) is 9.00. The second-order valence-electron chi connectivity index (χ2n) is 1.51. The fourth-order valence-electron chi connectivity index (χ4n) is 0.523. The molecule has 1 aromatic rings. The van der Waals surface area contributed by atoms with Crippen LogP contribution in [0.2, 0.25) is 0 Å². The van der Waals surface area contributed by atoms with Crippen LogP contribution < -0.4 is 5.32 Å². The minimum atomic E-state index is 1.00.